The van der Waals surface area contributed by atoms with Crippen molar-refractivity contribution in [2.75, 3.05) is 6.61 Å². The van der Waals surface area contributed by atoms with Crippen molar-refractivity contribution in [1.82, 2.24) is 10.9 Å². The van der Waals surface area contributed by atoms with Crippen LogP contribution in [0.1, 0.15) is 17.3 Å². The standard InChI is InChI=1S/C10H10BrN5O3/c1-2-19-10(18)15-14-9(17)7-4-3-6(11)5-8(7)13-16-12/h3-5H,2H2,1H3,(H,14,17)(H,15,18). The molecule has 0 aromatic heterocycles. The minimum Gasteiger partial charge on any atom is -0.449 e. The van der Waals surface area contributed by atoms with E-state index in [0.717, 1.165) is 0 Å². The van der Waals surface area contributed by atoms with Crippen LogP contribution in [-0.4, -0.2) is 18.6 Å². The molecule has 9 heteroatoms. The van der Waals surface area contributed by atoms with Crippen LogP contribution in [0.2, 0.25) is 0 Å². The number of amides is 2. The molecule has 0 saturated carbocycles. The second-order valence-corrected chi connectivity index (χ2v) is 4.07. The molecule has 2 amide bonds. The van der Waals surface area contributed by atoms with Gasteiger partial charge in [-0.1, -0.05) is 21.0 Å². The number of nitrogens with zero attached hydrogens (tertiary/aromatic N) is 3. The molecular formula is C10H10BrN5O3. The van der Waals surface area contributed by atoms with E-state index < -0.39 is 12.0 Å². The predicted octanol–water partition coefficient (Wildman–Crippen LogP) is 2.78. The summed E-state index contributed by atoms with van der Waals surface area (Å²) in [6, 6.07) is 4.55. The van der Waals surface area contributed by atoms with Crippen molar-refractivity contribution >= 4 is 33.6 Å². The Morgan fingerprint density at radius 2 is 2.21 bits per heavy atom. The van der Waals surface area contributed by atoms with Gasteiger partial charge in [0.25, 0.3) is 5.91 Å². The second kappa shape index (κ2) is 7.24. The van der Waals surface area contributed by atoms with Gasteiger partial charge >= 0.3 is 6.09 Å². The molecule has 0 atom stereocenters. The molecule has 1 aromatic rings. The Balaban J connectivity index is 2.82. The van der Waals surface area contributed by atoms with Gasteiger partial charge in [-0.05, 0) is 30.7 Å². The molecule has 8 nitrogen and oxygen atoms in total. The Morgan fingerprint density at radius 3 is 2.84 bits per heavy atom. The van der Waals surface area contributed by atoms with E-state index in [9.17, 15) is 9.59 Å². The molecule has 1 aromatic carbocycles. The summed E-state index contributed by atoms with van der Waals surface area (Å²) in [5.74, 6) is -0.622. The number of nitrogens with one attached hydrogen (secondary N) is 2. The summed E-state index contributed by atoms with van der Waals surface area (Å²) >= 11 is 3.19. The lowest BCUT2D eigenvalue weighted by molar-refractivity contribution is 0.0913. The van der Waals surface area contributed by atoms with Crippen molar-refractivity contribution < 1.29 is 14.3 Å². The van der Waals surface area contributed by atoms with Gasteiger partial charge in [0.15, 0.2) is 0 Å². The monoisotopic (exact) mass is 327 g/mol. The Morgan fingerprint density at radius 1 is 1.47 bits per heavy atom. The number of carbonyl (C=O) groups is 2. The smallest absolute Gasteiger partial charge is 0.426 e. The van der Waals surface area contributed by atoms with E-state index in [0.29, 0.717) is 4.47 Å². The van der Waals surface area contributed by atoms with Crippen LogP contribution in [0.15, 0.2) is 27.8 Å². The van der Waals surface area contributed by atoms with Gasteiger partial charge in [-0.25, -0.2) is 10.2 Å². The van der Waals surface area contributed by atoms with E-state index >= 15 is 0 Å². The van der Waals surface area contributed by atoms with Crippen LogP contribution in [0.5, 0.6) is 0 Å². The number of benzene rings is 1. The van der Waals surface area contributed by atoms with E-state index in [1.807, 2.05) is 0 Å². The summed E-state index contributed by atoms with van der Waals surface area (Å²) in [7, 11) is 0. The van der Waals surface area contributed by atoms with Gasteiger partial charge < -0.3 is 4.74 Å². The highest BCUT2D eigenvalue weighted by molar-refractivity contribution is 9.10. The second-order valence-electron chi connectivity index (χ2n) is 3.15. The lowest BCUT2D eigenvalue weighted by atomic mass is 10.2. The minimum atomic E-state index is -0.779. The van der Waals surface area contributed by atoms with Crippen molar-refractivity contribution in [3.8, 4) is 0 Å². The van der Waals surface area contributed by atoms with E-state index in [4.69, 9.17) is 5.53 Å². The molecule has 0 bridgehead atoms. The third kappa shape index (κ3) is 4.49. The number of hydrogen-bond donors (Lipinski definition) is 2. The van der Waals surface area contributed by atoms with Crippen LogP contribution in [0, 0.1) is 0 Å². The lowest BCUT2D eigenvalue weighted by Gasteiger charge is -2.08. The topological polar surface area (TPSA) is 116 Å². The molecule has 0 radical (unpaired) electrons. The number of azide groups is 1. The number of carbonyl (C=O) groups excluding carboxylic acids is 2. The van der Waals surface area contributed by atoms with Gasteiger partial charge in [-0.3, -0.25) is 10.2 Å². The first-order valence-corrected chi connectivity index (χ1v) is 5.95. The van der Waals surface area contributed by atoms with Crippen molar-refractivity contribution in [1.29, 1.82) is 0 Å². The van der Waals surface area contributed by atoms with Crippen LogP contribution in [0.25, 0.3) is 10.4 Å². The van der Waals surface area contributed by atoms with Crippen LogP contribution >= 0.6 is 15.9 Å². The Bertz CT molecular complexity index is 542. The highest BCUT2D eigenvalue weighted by Crippen LogP contribution is 2.24. The first-order chi connectivity index (χ1) is 9.08. The normalized spacial score (nSPS) is 9.16. The summed E-state index contributed by atoms with van der Waals surface area (Å²) in [6.07, 6.45) is -0.779. The molecule has 0 heterocycles. The number of ether oxygens (including phenoxy) is 1. The third-order valence-electron chi connectivity index (χ3n) is 1.91. The van der Waals surface area contributed by atoms with E-state index in [1.165, 1.54) is 12.1 Å². The largest absolute Gasteiger partial charge is 0.449 e. The van der Waals surface area contributed by atoms with Crippen LogP contribution in [-0.2, 0) is 4.74 Å². The number of halogens is 1. The van der Waals surface area contributed by atoms with E-state index in [-0.39, 0.29) is 17.9 Å². The Hall–Kier alpha value is -2.25. The average Bonchev–Trinajstić information content (AvgIpc) is 2.37. The first-order valence-electron chi connectivity index (χ1n) is 5.16. The van der Waals surface area contributed by atoms with Gasteiger partial charge in [0, 0.05) is 9.38 Å². The molecule has 0 fully saturated rings. The van der Waals surface area contributed by atoms with Crippen LogP contribution in [0.3, 0.4) is 0 Å². The minimum absolute atomic E-state index is 0.123. The summed E-state index contributed by atoms with van der Waals surface area (Å²) in [4.78, 5) is 25.4. The molecule has 2 N–H and O–H groups in total. The number of hydrogen-bond acceptors (Lipinski definition) is 4. The summed E-state index contributed by atoms with van der Waals surface area (Å²) in [6.45, 7) is 1.82. The SMILES string of the molecule is CCOC(=O)NNC(=O)c1ccc(Br)cc1N=[N+]=[N-]. The van der Waals surface area contributed by atoms with E-state index in [1.54, 1.807) is 13.0 Å². The molecule has 0 unspecified atom stereocenters. The maximum atomic E-state index is 11.8. The zero-order valence-electron chi connectivity index (χ0n) is 9.88. The van der Waals surface area contributed by atoms with Crippen molar-refractivity contribution in [3.63, 3.8) is 0 Å². The quantitative estimate of drug-likeness (QED) is 0.384. The summed E-state index contributed by atoms with van der Waals surface area (Å²) in [5, 5.41) is 3.40. The van der Waals surface area contributed by atoms with Crippen LogP contribution < -0.4 is 10.9 Å². The fourth-order valence-electron chi connectivity index (χ4n) is 1.17. The lowest BCUT2D eigenvalue weighted by Crippen LogP contribution is -2.41. The predicted molar refractivity (Wildman–Crippen MR) is 70.6 cm³/mol. The van der Waals surface area contributed by atoms with Crippen molar-refractivity contribution in [2.24, 2.45) is 5.11 Å². The highest BCUT2D eigenvalue weighted by atomic mass is 79.9. The highest BCUT2D eigenvalue weighted by Gasteiger charge is 2.12. The van der Waals surface area contributed by atoms with Crippen molar-refractivity contribution in [2.45, 2.75) is 6.92 Å². The maximum absolute atomic E-state index is 11.8. The Labute approximate surface area is 116 Å². The zero-order valence-corrected chi connectivity index (χ0v) is 11.5. The molecule has 0 aliphatic rings. The molecule has 19 heavy (non-hydrogen) atoms. The molecule has 0 saturated heterocycles. The first kappa shape index (κ1) is 14.8. The number of rotatable bonds is 3. The molecule has 100 valence electrons. The maximum Gasteiger partial charge on any atom is 0.426 e. The van der Waals surface area contributed by atoms with Gasteiger partial charge in [0.2, 0.25) is 0 Å². The third-order valence-corrected chi connectivity index (χ3v) is 2.40. The molecule has 0 aliphatic carbocycles. The molecule has 0 spiro atoms. The Kier molecular flexibility index (Phi) is 5.65. The summed E-state index contributed by atoms with van der Waals surface area (Å²) < 4.78 is 5.23. The fraction of sp³-hybridized carbons (Fsp3) is 0.200. The number of hydrazine groups is 1. The van der Waals surface area contributed by atoms with Crippen LogP contribution in [0.4, 0.5) is 10.5 Å². The van der Waals surface area contributed by atoms with Gasteiger partial charge in [-0.2, -0.15) is 0 Å². The molecule has 1 rings (SSSR count). The molecule has 0 aliphatic heterocycles. The van der Waals surface area contributed by atoms with Gasteiger partial charge in [0.1, 0.15) is 0 Å². The van der Waals surface area contributed by atoms with Gasteiger partial charge in [0.05, 0.1) is 17.9 Å². The summed E-state index contributed by atoms with van der Waals surface area (Å²) in [5.41, 5.74) is 12.9. The van der Waals surface area contributed by atoms with Gasteiger partial charge in [-0.15, -0.1) is 0 Å². The zero-order chi connectivity index (χ0) is 14.3. The van der Waals surface area contributed by atoms with E-state index in [2.05, 4.69) is 41.5 Å². The van der Waals surface area contributed by atoms with Crippen molar-refractivity contribution in [3.05, 3.63) is 38.7 Å². The fourth-order valence-corrected chi connectivity index (χ4v) is 1.52. The average molecular weight is 328 g/mol. The molecular weight excluding hydrogens is 318 g/mol.